The van der Waals surface area contributed by atoms with Crippen LogP contribution >= 0.6 is 0 Å². The molecule has 0 N–H and O–H groups in total. The van der Waals surface area contributed by atoms with Crippen LogP contribution in [0, 0.1) is 12.7 Å². The van der Waals surface area contributed by atoms with E-state index in [1.54, 1.807) is 23.7 Å². The van der Waals surface area contributed by atoms with Gasteiger partial charge in [0.15, 0.2) is 5.52 Å². The van der Waals surface area contributed by atoms with Crippen molar-refractivity contribution >= 4 is 5.52 Å². The van der Waals surface area contributed by atoms with Gasteiger partial charge in [-0.2, -0.15) is 0 Å². The first-order valence-corrected chi connectivity index (χ1v) is 8.96. The molecule has 4 rings (SSSR count). The summed E-state index contributed by atoms with van der Waals surface area (Å²) in [6, 6.07) is 6.22. The number of aryl methyl sites for hydroxylation is 1. The van der Waals surface area contributed by atoms with Crippen LogP contribution in [0.4, 0.5) is 4.39 Å². The molecule has 0 bridgehead atoms. The number of hydrogen-bond donors (Lipinski definition) is 0. The van der Waals surface area contributed by atoms with Crippen molar-refractivity contribution < 1.29 is 13.9 Å². The fourth-order valence-electron chi connectivity index (χ4n) is 3.36. The summed E-state index contributed by atoms with van der Waals surface area (Å²) in [7, 11) is 1.62. The number of benzene rings is 1. The van der Waals surface area contributed by atoms with Crippen molar-refractivity contribution in [1.29, 1.82) is 0 Å². The Bertz CT molecular complexity index is 1020. The highest BCUT2D eigenvalue weighted by Gasteiger charge is 2.25. The van der Waals surface area contributed by atoms with Crippen molar-refractivity contribution in [3.05, 3.63) is 57.5 Å². The fraction of sp³-hybridized carbons (Fsp3) is 0.421. The van der Waals surface area contributed by atoms with Crippen LogP contribution in [0.15, 0.2) is 29.1 Å². The zero-order valence-corrected chi connectivity index (χ0v) is 15.3. The second-order valence-corrected chi connectivity index (χ2v) is 6.76. The van der Waals surface area contributed by atoms with Gasteiger partial charge in [0.05, 0.1) is 5.69 Å². The second-order valence-electron chi connectivity index (χ2n) is 6.76. The van der Waals surface area contributed by atoms with E-state index >= 15 is 0 Å². The molecular weight excluding hydrogens is 351 g/mol. The predicted octanol–water partition coefficient (Wildman–Crippen LogP) is 2.35. The third kappa shape index (κ3) is 3.32. The van der Waals surface area contributed by atoms with E-state index in [1.807, 2.05) is 6.92 Å². The Morgan fingerprint density at radius 3 is 2.67 bits per heavy atom. The summed E-state index contributed by atoms with van der Waals surface area (Å²) in [6.07, 6.45) is 1.70. The summed E-state index contributed by atoms with van der Waals surface area (Å²) in [5.74, 6) is 0.667. The van der Waals surface area contributed by atoms with Gasteiger partial charge in [0.2, 0.25) is 0 Å². The highest BCUT2D eigenvalue weighted by atomic mass is 19.1. The quantitative estimate of drug-likeness (QED) is 0.703. The van der Waals surface area contributed by atoms with E-state index in [2.05, 4.69) is 10.1 Å². The number of ether oxygens (including phenoxy) is 2. The SMILES string of the molecule is Cc1nc(C2CCOCC2)n2nc(OCc3ccc(F)cc3)n(C)c(=O)c12. The zero-order chi connectivity index (χ0) is 19.0. The Labute approximate surface area is 155 Å². The molecule has 1 aliphatic heterocycles. The van der Waals surface area contributed by atoms with Gasteiger partial charge in [-0.3, -0.25) is 9.36 Å². The number of aromatic nitrogens is 4. The maximum Gasteiger partial charge on any atom is 0.317 e. The first-order valence-electron chi connectivity index (χ1n) is 8.96. The molecule has 0 spiro atoms. The van der Waals surface area contributed by atoms with Crippen LogP contribution in [0.25, 0.3) is 5.52 Å². The van der Waals surface area contributed by atoms with Gasteiger partial charge in [-0.25, -0.2) is 13.9 Å². The normalized spacial score (nSPS) is 15.4. The maximum absolute atomic E-state index is 13.0. The third-order valence-corrected chi connectivity index (χ3v) is 4.90. The molecule has 1 fully saturated rings. The van der Waals surface area contributed by atoms with E-state index in [1.165, 1.54) is 16.7 Å². The molecule has 2 aromatic heterocycles. The predicted molar refractivity (Wildman–Crippen MR) is 96.5 cm³/mol. The first-order chi connectivity index (χ1) is 13.0. The molecular formula is C19H21FN4O3. The van der Waals surface area contributed by atoms with E-state index in [-0.39, 0.29) is 29.9 Å². The van der Waals surface area contributed by atoms with Gasteiger partial charge in [-0.15, -0.1) is 5.10 Å². The Morgan fingerprint density at radius 2 is 1.96 bits per heavy atom. The maximum atomic E-state index is 13.0. The van der Waals surface area contributed by atoms with E-state index < -0.39 is 0 Å². The number of hydrogen-bond acceptors (Lipinski definition) is 5. The lowest BCUT2D eigenvalue weighted by molar-refractivity contribution is 0.0831. The molecule has 0 saturated carbocycles. The molecule has 3 aromatic rings. The minimum absolute atomic E-state index is 0.187. The van der Waals surface area contributed by atoms with E-state index in [4.69, 9.17) is 9.47 Å². The van der Waals surface area contributed by atoms with Crippen LogP contribution in [0.1, 0.15) is 35.8 Å². The Morgan fingerprint density at radius 1 is 1.26 bits per heavy atom. The van der Waals surface area contributed by atoms with Gasteiger partial charge in [0.1, 0.15) is 18.2 Å². The summed E-state index contributed by atoms with van der Waals surface area (Å²) < 4.78 is 27.2. The molecule has 1 aromatic carbocycles. The van der Waals surface area contributed by atoms with Crippen LogP contribution in [0.3, 0.4) is 0 Å². The van der Waals surface area contributed by atoms with E-state index in [0.717, 1.165) is 24.2 Å². The van der Waals surface area contributed by atoms with E-state index in [9.17, 15) is 9.18 Å². The summed E-state index contributed by atoms with van der Waals surface area (Å²) in [4.78, 5) is 17.4. The lowest BCUT2D eigenvalue weighted by atomic mass is 10.00. The molecule has 0 radical (unpaired) electrons. The molecule has 0 aliphatic carbocycles. The standard InChI is InChI=1S/C19H21FN4O3/c1-12-16-18(25)23(2)19(27-11-13-3-5-15(20)6-4-13)22-24(16)17(21-12)14-7-9-26-10-8-14/h3-6,14H,7-11H2,1-2H3. The van der Waals surface area contributed by atoms with E-state index in [0.29, 0.717) is 24.4 Å². The van der Waals surface area contributed by atoms with Crippen LogP contribution in [0.5, 0.6) is 6.01 Å². The molecule has 0 unspecified atom stereocenters. The van der Waals surface area contributed by atoms with Crippen molar-refractivity contribution in [3.8, 4) is 6.01 Å². The first kappa shape index (κ1) is 17.7. The van der Waals surface area contributed by atoms with Crippen molar-refractivity contribution in [2.45, 2.75) is 32.3 Å². The Hall–Kier alpha value is -2.74. The molecule has 0 amide bonds. The Balaban J connectivity index is 1.71. The van der Waals surface area contributed by atoms with Crippen molar-refractivity contribution in [2.24, 2.45) is 7.05 Å². The second kappa shape index (κ2) is 7.11. The highest BCUT2D eigenvalue weighted by molar-refractivity contribution is 5.50. The summed E-state index contributed by atoms with van der Waals surface area (Å²) in [6.45, 7) is 3.36. The van der Waals surface area contributed by atoms with Crippen molar-refractivity contribution in [3.63, 3.8) is 0 Å². The lowest BCUT2D eigenvalue weighted by Crippen LogP contribution is -2.25. The third-order valence-electron chi connectivity index (χ3n) is 4.90. The topological polar surface area (TPSA) is 70.7 Å². The van der Waals surface area contributed by atoms with Crippen LogP contribution in [0.2, 0.25) is 0 Å². The van der Waals surface area contributed by atoms with Gasteiger partial charge in [0, 0.05) is 26.2 Å². The van der Waals surface area contributed by atoms with Crippen LogP contribution in [-0.2, 0) is 18.4 Å². The largest absolute Gasteiger partial charge is 0.459 e. The molecule has 1 saturated heterocycles. The number of rotatable bonds is 4. The molecule has 27 heavy (non-hydrogen) atoms. The summed E-state index contributed by atoms with van der Waals surface area (Å²) in [5, 5.41) is 4.54. The molecule has 8 heteroatoms. The number of nitrogens with zero attached hydrogens (tertiary/aromatic N) is 4. The average Bonchev–Trinajstić information content (AvgIpc) is 3.02. The van der Waals surface area contributed by atoms with Crippen molar-refractivity contribution in [2.75, 3.05) is 13.2 Å². The van der Waals surface area contributed by atoms with Crippen LogP contribution < -0.4 is 10.3 Å². The van der Waals surface area contributed by atoms with Crippen molar-refractivity contribution in [1.82, 2.24) is 19.2 Å². The van der Waals surface area contributed by atoms with Gasteiger partial charge in [-0.05, 0) is 37.5 Å². The summed E-state index contributed by atoms with van der Waals surface area (Å²) >= 11 is 0. The molecule has 7 nitrogen and oxygen atoms in total. The zero-order valence-electron chi connectivity index (χ0n) is 15.3. The van der Waals surface area contributed by atoms with Gasteiger partial charge >= 0.3 is 6.01 Å². The minimum Gasteiger partial charge on any atom is -0.459 e. The van der Waals surface area contributed by atoms with Gasteiger partial charge in [0.25, 0.3) is 5.56 Å². The lowest BCUT2D eigenvalue weighted by Gasteiger charge is -2.20. The summed E-state index contributed by atoms with van der Waals surface area (Å²) in [5.41, 5.74) is 1.71. The van der Waals surface area contributed by atoms with Gasteiger partial charge < -0.3 is 9.47 Å². The number of halogens is 1. The highest BCUT2D eigenvalue weighted by Crippen LogP contribution is 2.27. The molecule has 142 valence electrons. The fourth-order valence-corrected chi connectivity index (χ4v) is 3.36. The Kier molecular flexibility index (Phi) is 4.65. The van der Waals surface area contributed by atoms with Crippen LogP contribution in [-0.4, -0.2) is 32.4 Å². The minimum atomic E-state index is -0.305. The van der Waals surface area contributed by atoms with Gasteiger partial charge in [-0.1, -0.05) is 12.1 Å². The molecule has 1 aliphatic rings. The monoisotopic (exact) mass is 372 g/mol. The number of fused-ring (bicyclic) bond motifs is 1. The smallest absolute Gasteiger partial charge is 0.317 e. The number of imidazole rings is 1. The molecule has 3 heterocycles. The molecule has 0 atom stereocenters. The average molecular weight is 372 g/mol.